The molecule has 0 saturated carbocycles. The van der Waals surface area contributed by atoms with E-state index in [0.29, 0.717) is 8.95 Å². The second-order valence-electron chi connectivity index (χ2n) is 3.41. The van der Waals surface area contributed by atoms with Gasteiger partial charge in [0, 0.05) is 22.8 Å². The van der Waals surface area contributed by atoms with E-state index in [2.05, 4.69) is 36.8 Å². The lowest BCUT2D eigenvalue weighted by atomic mass is 10.3. The molecule has 1 aromatic carbocycles. The van der Waals surface area contributed by atoms with Gasteiger partial charge in [-0.05, 0) is 44.0 Å². The van der Waals surface area contributed by atoms with Crippen LogP contribution in [0, 0.1) is 15.9 Å². The summed E-state index contributed by atoms with van der Waals surface area (Å²) in [6, 6.07) is 4.63. The van der Waals surface area contributed by atoms with Crippen LogP contribution in [0.1, 0.15) is 0 Å². The Morgan fingerprint density at radius 2 is 2.05 bits per heavy atom. The standard InChI is InChI=1S/C11H5Br2FN2O3/c12-6-3-8(13)11(15-5-6)19-10-4-7(14)1-2-9(10)16(17)18/h1-5H. The number of hydrogen-bond acceptors (Lipinski definition) is 4. The van der Waals surface area contributed by atoms with E-state index in [1.165, 1.54) is 6.20 Å². The van der Waals surface area contributed by atoms with Crippen LogP contribution in [-0.4, -0.2) is 9.91 Å². The average molecular weight is 392 g/mol. The SMILES string of the molecule is O=[N+]([O-])c1ccc(F)cc1Oc1ncc(Br)cc1Br. The first-order chi connectivity index (χ1) is 8.97. The molecule has 0 aliphatic rings. The molecule has 0 fully saturated rings. The first kappa shape index (κ1) is 13.9. The lowest BCUT2D eigenvalue weighted by molar-refractivity contribution is -0.385. The van der Waals surface area contributed by atoms with Gasteiger partial charge in [-0.3, -0.25) is 10.1 Å². The molecular formula is C11H5Br2FN2O3. The van der Waals surface area contributed by atoms with Gasteiger partial charge in [0.15, 0.2) is 0 Å². The molecule has 0 aliphatic carbocycles. The van der Waals surface area contributed by atoms with Gasteiger partial charge in [0.25, 0.3) is 0 Å². The number of nitrogens with zero attached hydrogens (tertiary/aromatic N) is 2. The Labute approximate surface area is 123 Å². The van der Waals surface area contributed by atoms with E-state index in [0.717, 1.165) is 18.2 Å². The molecule has 1 heterocycles. The van der Waals surface area contributed by atoms with Crippen molar-refractivity contribution < 1.29 is 14.1 Å². The van der Waals surface area contributed by atoms with Crippen molar-refractivity contribution in [1.29, 1.82) is 0 Å². The second-order valence-corrected chi connectivity index (χ2v) is 5.18. The Kier molecular flexibility index (Phi) is 4.11. The lowest BCUT2D eigenvalue weighted by Crippen LogP contribution is -1.96. The summed E-state index contributed by atoms with van der Waals surface area (Å²) in [5, 5.41) is 10.8. The first-order valence-electron chi connectivity index (χ1n) is 4.90. The molecule has 0 amide bonds. The van der Waals surface area contributed by atoms with Crippen LogP contribution in [0.25, 0.3) is 0 Å². The molecule has 19 heavy (non-hydrogen) atoms. The van der Waals surface area contributed by atoms with Crippen molar-refractivity contribution in [3.05, 3.63) is 55.3 Å². The summed E-state index contributed by atoms with van der Waals surface area (Å²) in [7, 11) is 0. The minimum absolute atomic E-state index is 0.108. The molecule has 0 radical (unpaired) electrons. The highest BCUT2D eigenvalue weighted by Crippen LogP contribution is 2.34. The largest absolute Gasteiger partial charge is 0.431 e. The van der Waals surface area contributed by atoms with Gasteiger partial charge in [-0.15, -0.1) is 0 Å². The molecule has 0 spiro atoms. The zero-order valence-corrected chi connectivity index (χ0v) is 12.3. The van der Waals surface area contributed by atoms with Crippen LogP contribution in [0.15, 0.2) is 39.4 Å². The molecule has 2 rings (SSSR count). The lowest BCUT2D eigenvalue weighted by Gasteiger charge is -2.07. The van der Waals surface area contributed by atoms with E-state index >= 15 is 0 Å². The Balaban J connectivity index is 2.42. The number of hydrogen-bond donors (Lipinski definition) is 0. The van der Waals surface area contributed by atoms with E-state index in [1.54, 1.807) is 6.07 Å². The van der Waals surface area contributed by atoms with Gasteiger partial charge in [0.05, 0.1) is 9.40 Å². The fourth-order valence-corrected chi connectivity index (χ4v) is 2.37. The predicted octanol–water partition coefficient (Wildman–Crippen LogP) is 4.45. The van der Waals surface area contributed by atoms with Gasteiger partial charge in [-0.2, -0.15) is 0 Å². The number of benzene rings is 1. The Morgan fingerprint density at radius 1 is 1.32 bits per heavy atom. The number of ether oxygens (including phenoxy) is 1. The van der Waals surface area contributed by atoms with Gasteiger partial charge in [0.1, 0.15) is 5.82 Å². The Bertz CT molecular complexity index is 652. The topological polar surface area (TPSA) is 65.3 Å². The molecule has 98 valence electrons. The zero-order valence-electron chi connectivity index (χ0n) is 9.14. The molecule has 1 aromatic heterocycles. The van der Waals surface area contributed by atoms with Crippen LogP contribution in [0.4, 0.5) is 10.1 Å². The molecule has 2 aromatic rings. The van der Waals surface area contributed by atoms with Crippen molar-refractivity contribution in [2.75, 3.05) is 0 Å². The maximum atomic E-state index is 13.1. The fourth-order valence-electron chi connectivity index (χ4n) is 1.30. The first-order valence-corrected chi connectivity index (χ1v) is 6.49. The summed E-state index contributed by atoms with van der Waals surface area (Å²) in [4.78, 5) is 14.1. The zero-order chi connectivity index (χ0) is 14.0. The van der Waals surface area contributed by atoms with E-state index in [4.69, 9.17) is 4.74 Å². The van der Waals surface area contributed by atoms with Gasteiger partial charge in [-0.1, -0.05) is 0 Å². The minimum atomic E-state index is -0.651. The van der Waals surface area contributed by atoms with Gasteiger partial charge < -0.3 is 4.74 Å². The summed E-state index contributed by atoms with van der Waals surface area (Å²) in [5.74, 6) is -0.730. The molecule has 8 heteroatoms. The minimum Gasteiger partial charge on any atom is -0.431 e. The summed E-state index contributed by atoms with van der Waals surface area (Å²) < 4.78 is 19.6. The summed E-state index contributed by atoms with van der Waals surface area (Å²) in [6.45, 7) is 0. The third-order valence-corrected chi connectivity index (χ3v) is 3.10. The van der Waals surface area contributed by atoms with Gasteiger partial charge in [-0.25, -0.2) is 9.37 Å². The molecule has 0 saturated heterocycles. The highest BCUT2D eigenvalue weighted by atomic mass is 79.9. The van der Waals surface area contributed by atoms with Crippen LogP contribution < -0.4 is 4.74 Å². The molecule has 0 bridgehead atoms. The Hall–Kier alpha value is -1.54. The van der Waals surface area contributed by atoms with Gasteiger partial charge >= 0.3 is 5.69 Å². The van der Waals surface area contributed by atoms with Gasteiger partial charge in [0.2, 0.25) is 11.6 Å². The van der Waals surface area contributed by atoms with Crippen LogP contribution >= 0.6 is 31.9 Å². The van der Waals surface area contributed by atoms with Crippen LogP contribution in [-0.2, 0) is 0 Å². The van der Waals surface area contributed by atoms with Crippen molar-refractivity contribution >= 4 is 37.5 Å². The highest BCUT2D eigenvalue weighted by molar-refractivity contribution is 9.11. The van der Waals surface area contributed by atoms with Crippen molar-refractivity contribution in [3.8, 4) is 11.6 Å². The molecule has 0 atom stereocenters. The molecular weight excluding hydrogens is 387 g/mol. The van der Waals surface area contributed by atoms with Crippen LogP contribution in [0.2, 0.25) is 0 Å². The van der Waals surface area contributed by atoms with Crippen molar-refractivity contribution in [3.63, 3.8) is 0 Å². The fraction of sp³-hybridized carbons (Fsp3) is 0. The normalized spacial score (nSPS) is 10.3. The van der Waals surface area contributed by atoms with E-state index < -0.39 is 10.7 Å². The highest BCUT2D eigenvalue weighted by Gasteiger charge is 2.18. The summed E-state index contributed by atoms with van der Waals surface area (Å²) in [5.41, 5.74) is -0.335. The predicted molar refractivity (Wildman–Crippen MR) is 72.8 cm³/mol. The van der Waals surface area contributed by atoms with E-state index in [9.17, 15) is 14.5 Å². The number of nitro groups is 1. The van der Waals surface area contributed by atoms with Crippen molar-refractivity contribution in [1.82, 2.24) is 4.98 Å². The maximum absolute atomic E-state index is 13.1. The van der Waals surface area contributed by atoms with Crippen molar-refractivity contribution in [2.45, 2.75) is 0 Å². The molecule has 0 aliphatic heterocycles. The van der Waals surface area contributed by atoms with E-state index in [1.807, 2.05) is 0 Å². The number of pyridine rings is 1. The molecule has 5 nitrogen and oxygen atoms in total. The maximum Gasteiger partial charge on any atom is 0.311 e. The number of nitro benzene ring substituents is 1. The Morgan fingerprint density at radius 3 is 2.68 bits per heavy atom. The van der Waals surface area contributed by atoms with Crippen LogP contribution in [0.5, 0.6) is 11.6 Å². The summed E-state index contributed by atoms with van der Waals surface area (Å²) >= 11 is 6.42. The third-order valence-electron chi connectivity index (χ3n) is 2.10. The average Bonchev–Trinajstić information content (AvgIpc) is 2.32. The number of rotatable bonds is 3. The molecule has 0 unspecified atom stereocenters. The van der Waals surface area contributed by atoms with Crippen molar-refractivity contribution in [2.24, 2.45) is 0 Å². The van der Waals surface area contributed by atoms with E-state index in [-0.39, 0.29) is 17.3 Å². The third kappa shape index (κ3) is 3.27. The molecule has 0 N–H and O–H groups in total. The number of halogens is 3. The monoisotopic (exact) mass is 390 g/mol. The number of aromatic nitrogens is 1. The second kappa shape index (κ2) is 5.62. The smallest absolute Gasteiger partial charge is 0.311 e. The van der Waals surface area contributed by atoms with Crippen LogP contribution in [0.3, 0.4) is 0 Å². The quantitative estimate of drug-likeness (QED) is 0.572. The summed E-state index contributed by atoms with van der Waals surface area (Å²) in [6.07, 6.45) is 1.46.